The van der Waals surface area contributed by atoms with E-state index in [-0.39, 0.29) is 6.04 Å². The van der Waals surface area contributed by atoms with Crippen molar-refractivity contribution >= 4 is 16.9 Å². The Kier molecular flexibility index (Phi) is 3.60. The summed E-state index contributed by atoms with van der Waals surface area (Å²) >= 11 is 0. The van der Waals surface area contributed by atoms with Gasteiger partial charge in [-0.15, -0.1) is 0 Å². The summed E-state index contributed by atoms with van der Waals surface area (Å²) < 4.78 is 0. The number of aromatic nitrogens is 2. The molecule has 0 amide bonds. The summed E-state index contributed by atoms with van der Waals surface area (Å²) in [6, 6.07) is 8.46. The van der Waals surface area contributed by atoms with E-state index < -0.39 is 0 Å². The van der Waals surface area contributed by atoms with E-state index in [4.69, 9.17) is 5.73 Å². The minimum absolute atomic E-state index is 0.218. The van der Waals surface area contributed by atoms with Crippen molar-refractivity contribution in [1.29, 1.82) is 0 Å². The molecule has 4 nitrogen and oxygen atoms in total. The third-order valence-electron chi connectivity index (χ3n) is 3.85. The minimum Gasteiger partial charge on any atom is -0.364 e. The maximum Gasteiger partial charge on any atom is 0.145 e. The van der Waals surface area contributed by atoms with Crippen LogP contribution in [0.15, 0.2) is 30.5 Å². The van der Waals surface area contributed by atoms with Crippen LogP contribution in [0.25, 0.3) is 11.0 Å². The number of fused-ring (bicyclic) bond motifs is 1. The van der Waals surface area contributed by atoms with E-state index in [0.717, 1.165) is 29.7 Å². The second-order valence-corrected chi connectivity index (χ2v) is 5.30. The fourth-order valence-electron chi connectivity index (χ4n) is 2.73. The Bertz CT molecular complexity index is 555. The Labute approximate surface area is 113 Å². The van der Waals surface area contributed by atoms with Crippen LogP contribution in [0.1, 0.15) is 32.1 Å². The number of hydrogen-bond donors (Lipinski definition) is 2. The van der Waals surface area contributed by atoms with Crippen molar-refractivity contribution in [3.8, 4) is 0 Å². The quantitative estimate of drug-likeness (QED) is 0.811. The summed E-state index contributed by atoms with van der Waals surface area (Å²) in [5.74, 6) is 0.834. The number of hydrogen-bond acceptors (Lipinski definition) is 4. The molecule has 1 aliphatic carbocycles. The Morgan fingerprint density at radius 2 is 1.84 bits per heavy atom. The monoisotopic (exact) mass is 256 g/mol. The molecule has 0 aliphatic heterocycles. The van der Waals surface area contributed by atoms with Gasteiger partial charge in [0.2, 0.25) is 0 Å². The largest absolute Gasteiger partial charge is 0.364 e. The molecule has 0 spiro atoms. The Morgan fingerprint density at radius 1 is 1.05 bits per heavy atom. The van der Waals surface area contributed by atoms with Gasteiger partial charge in [0.05, 0.1) is 17.2 Å². The number of nitrogens with one attached hydrogen (secondary N) is 1. The molecule has 3 rings (SSSR count). The Morgan fingerprint density at radius 3 is 2.74 bits per heavy atom. The van der Waals surface area contributed by atoms with Gasteiger partial charge in [0, 0.05) is 12.1 Å². The van der Waals surface area contributed by atoms with Crippen LogP contribution in [0, 0.1) is 0 Å². The standard InChI is InChI=1S/C15H20N4/c16-11-6-2-1-3-7-12(11)18-15-10-17-13-8-4-5-9-14(13)19-15/h4-5,8-12H,1-3,6-7,16H2,(H,18,19). The molecular weight excluding hydrogens is 236 g/mol. The van der Waals surface area contributed by atoms with Gasteiger partial charge in [0.25, 0.3) is 0 Å². The molecule has 1 aromatic heterocycles. The first-order valence-electron chi connectivity index (χ1n) is 7.07. The van der Waals surface area contributed by atoms with E-state index in [1.54, 1.807) is 6.20 Å². The van der Waals surface area contributed by atoms with Gasteiger partial charge >= 0.3 is 0 Å². The van der Waals surface area contributed by atoms with E-state index in [0.29, 0.717) is 6.04 Å². The molecule has 4 heteroatoms. The zero-order chi connectivity index (χ0) is 13.1. The lowest BCUT2D eigenvalue weighted by molar-refractivity contribution is 0.527. The smallest absolute Gasteiger partial charge is 0.145 e. The van der Waals surface area contributed by atoms with Gasteiger partial charge in [-0.05, 0) is 25.0 Å². The van der Waals surface area contributed by atoms with Crippen molar-refractivity contribution in [2.75, 3.05) is 5.32 Å². The summed E-state index contributed by atoms with van der Waals surface area (Å²) in [5, 5.41) is 3.46. The van der Waals surface area contributed by atoms with Crippen LogP contribution in [-0.2, 0) is 0 Å². The maximum absolute atomic E-state index is 6.23. The van der Waals surface area contributed by atoms with Crippen molar-refractivity contribution in [3.63, 3.8) is 0 Å². The van der Waals surface area contributed by atoms with Crippen LogP contribution in [0.2, 0.25) is 0 Å². The highest BCUT2D eigenvalue weighted by Gasteiger charge is 2.20. The summed E-state index contributed by atoms with van der Waals surface area (Å²) in [7, 11) is 0. The molecule has 0 bridgehead atoms. The number of anilines is 1. The molecule has 3 N–H and O–H groups in total. The number of para-hydroxylation sites is 2. The molecule has 0 radical (unpaired) electrons. The third kappa shape index (κ3) is 2.84. The number of nitrogens with zero attached hydrogens (tertiary/aromatic N) is 2. The highest BCUT2D eigenvalue weighted by atomic mass is 15.1. The third-order valence-corrected chi connectivity index (χ3v) is 3.85. The van der Waals surface area contributed by atoms with Crippen molar-refractivity contribution in [1.82, 2.24) is 9.97 Å². The van der Waals surface area contributed by atoms with Crippen LogP contribution in [0.4, 0.5) is 5.82 Å². The summed E-state index contributed by atoms with van der Waals surface area (Å²) in [6.45, 7) is 0. The van der Waals surface area contributed by atoms with Crippen molar-refractivity contribution < 1.29 is 0 Å². The highest BCUT2D eigenvalue weighted by Crippen LogP contribution is 2.20. The first-order valence-corrected chi connectivity index (χ1v) is 7.07. The molecule has 1 saturated carbocycles. The molecule has 1 aromatic carbocycles. The first-order chi connectivity index (χ1) is 9.33. The second kappa shape index (κ2) is 5.53. The van der Waals surface area contributed by atoms with Gasteiger partial charge in [-0.3, -0.25) is 4.98 Å². The SMILES string of the molecule is NC1CCCCCC1Nc1cnc2ccccc2n1. The molecule has 19 heavy (non-hydrogen) atoms. The molecule has 1 heterocycles. The van der Waals surface area contributed by atoms with Gasteiger partial charge in [-0.1, -0.05) is 31.4 Å². The predicted octanol–water partition coefficient (Wildman–Crippen LogP) is 2.70. The number of benzene rings is 1. The lowest BCUT2D eigenvalue weighted by atomic mass is 10.0. The van der Waals surface area contributed by atoms with Crippen molar-refractivity contribution in [2.45, 2.75) is 44.2 Å². The normalized spacial score (nSPS) is 24.1. The lowest BCUT2D eigenvalue weighted by Crippen LogP contribution is -2.39. The molecule has 2 unspecified atom stereocenters. The fourth-order valence-corrected chi connectivity index (χ4v) is 2.73. The fraction of sp³-hybridized carbons (Fsp3) is 0.467. The van der Waals surface area contributed by atoms with Gasteiger partial charge in [0.15, 0.2) is 0 Å². The zero-order valence-electron chi connectivity index (χ0n) is 11.0. The van der Waals surface area contributed by atoms with Crippen LogP contribution in [-0.4, -0.2) is 22.1 Å². The molecule has 2 aromatic rings. The van der Waals surface area contributed by atoms with Gasteiger partial charge < -0.3 is 11.1 Å². The minimum atomic E-state index is 0.218. The Hall–Kier alpha value is -1.68. The van der Waals surface area contributed by atoms with Crippen LogP contribution < -0.4 is 11.1 Å². The number of rotatable bonds is 2. The summed E-state index contributed by atoms with van der Waals surface area (Å²) in [4.78, 5) is 9.03. The van der Waals surface area contributed by atoms with E-state index in [1.807, 2.05) is 24.3 Å². The summed E-state index contributed by atoms with van der Waals surface area (Å²) in [6.07, 6.45) is 7.79. The summed E-state index contributed by atoms with van der Waals surface area (Å²) in [5.41, 5.74) is 8.08. The van der Waals surface area contributed by atoms with E-state index in [2.05, 4.69) is 15.3 Å². The van der Waals surface area contributed by atoms with Gasteiger partial charge in [-0.2, -0.15) is 0 Å². The first kappa shape index (κ1) is 12.4. The Balaban J connectivity index is 1.80. The molecule has 1 fully saturated rings. The predicted molar refractivity (Wildman–Crippen MR) is 78.0 cm³/mol. The van der Waals surface area contributed by atoms with Crippen molar-refractivity contribution in [2.24, 2.45) is 5.73 Å². The maximum atomic E-state index is 6.23. The average Bonchev–Trinajstić information content (AvgIpc) is 2.64. The topological polar surface area (TPSA) is 63.8 Å². The number of nitrogens with two attached hydrogens (primary N) is 1. The van der Waals surface area contributed by atoms with Crippen LogP contribution >= 0.6 is 0 Å². The van der Waals surface area contributed by atoms with Gasteiger partial charge in [0.1, 0.15) is 5.82 Å². The molecular formula is C15H20N4. The van der Waals surface area contributed by atoms with E-state index in [1.165, 1.54) is 19.3 Å². The average molecular weight is 256 g/mol. The molecule has 100 valence electrons. The molecule has 1 aliphatic rings. The van der Waals surface area contributed by atoms with Crippen molar-refractivity contribution in [3.05, 3.63) is 30.5 Å². The zero-order valence-corrected chi connectivity index (χ0v) is 11.0. The second-order valence-electron chi connectivity index (χ2n) is 5.30. The highest BCUT2D eigenvalue weighted by molar-refractivity contribution is 5.75. The van der Waals surface area contributed by atoms with Crippen LogP contribution in [0.5, 0.6) is 0 Å². The van der Waals surface area contributed by atoms with Crippen LogP contribution in [0.3, 0.4) is 0 Å². The van der Waals surface area contributed by atoms with E-state index >= 15 is 0 Å². The molecule has 0 saturated heterocycles. The lowest BCUT2D eigenvalue weighted by Gasteiger charge is -2.23. The molecule has 2 atom stereocenters. The van der Waals surface area contributed by atoms with Gasteiger partial charge in [-0.25, -0.2) is 4.98 Å². The van der Waals surface area contributed by atoms with E-state index in [9.17, 15) is 0 Å².